The average Bonchev–Trinajstić information content (AvgIpc) is 3.50. The van der Waals surface area contributed by atoms with Gasteiger partial charge >= 0.3 is 0 Å². The number of hydrogen-bond acceptors (Lipinski definition) is 9. The fourth-order valence-corrected chi connectivity index (χ4v) is 6.06. The van der Waals surface area contributed by atoms with Crippen LogP contribution in [0.25, 0.3) is 11.7 Å². The Labute approximate surface area is 227 Å². The minimum absolute atomic E-state index is 0.167. The number of pyridine rings is 1. The summed E-state index contributed by atoms with van der Waals surface area (Å²) in [6, 6.07) is 10.8. The van der Waals surface area contributed by atoms with Crippen molar-refractivity contribution in [3.05, 3.63) is 69.0 Å². The van der Waals surface area contributed by atoms with Crippen LogP contribution in [0, 0.1) is 5.92 Å². The molecule has 1 aromatic carbocycles. The molecule has 2 N–H and O–H groups in total. The van der Waals surface area contributed by atoms with Gasteiger partial charge in [0.15, 0.2) is 11.5 Å². The van der Waals surface area contributed by atoms with Crippen LogP contribution in [0.1, 0.15) is 24.0 Å². The van der Waals surface area contributed by atoms with Crippen molar-refractivity contribution in [1.29, 1.82) is 0 Å². The molecule has 0 bridgehead atoms. The fourth-order valence-electron chi connectivity index (χ4n) is 4.82. The second kappa shape index (κ2) is 9.76. The molecule has 3 aliphatic heterocycles. The van der Waals surface area contributed by atoms with Crippen LogP contribution in [0.2, 0.25) is 0 Å². The Hall–Kier alpha value is -3.90. The number of thioether (sulfide) groups is 1. The Kier molecular flexibility index (Phi) is 6.28. The van der Waals surface area contributed by atoms with E-state index in [1.54, 1.807) is 30.5 Å². The van der Waals surface area contributed by atoms with Gasteiger partial charge in [0.25, 0.3) is 11.5 Å². The molecule has 0 aliphatic carbocycles. The van der Waals surface area contributed by atoms with Gasteiger partial charge in [-0.2, -0.15) is 0 Å². The highest BCUT2D eigenvalue weighted by molar-refractivity contribution is 8.26. The number of fused-ring (bicyclic) bond motifs is 2. The molecule has 0 radical (unpaired) electrons. The van der Waals surface area contributed by atoms with Crippen LogP contribution in [0.15, 0.2) is 52.3 Å². The van der Waals surface area contributed by atoms with Gasteiger partial charge in [0, 0.05) is 25.2 Å². The van der Waals surface area contributed by atoms with Gasteiger partial charge in [-0.25, -0.2) is 4.98 Å². The molecule has 2 fully saturated rings. The molecular formula is C26H23N5O5S2. The van der Waals surface area contributed by atoms with Crippen molar-refractivity contribution in [2.45, 2.75) is 19.4 Å². The predicted octanol–water partition coefficient (Wildman–Crippen LogP) is 2.53. The zero-order valence-electron chi connectivity index (χ0n) is 20.2. The number of benzene rings is 1. The number of thiocarbonyl (C=S) groups is 1. The third-order valence-corrected chi connectivity index (χ3v) is 8.25. The second-order valence-electron chi connectivity index (χ2n) is 9.20. The zero-order chi connectivity index (χ0) is 26.4. The van der Waals surface area contributed by atoms with Gasteiger partial charge in [0.2, 0.25) is 12.7 Å². The molecule has 2 amide bonds. The number of primary amides is 1. The number of carbonyl (C=O) groups excluding carboxylic acids is 2. The standard InChI is InChI=1S/C26H23N5O5S2/c27-22(32)16-6-9-29(10-7-16)23-17(24(33)30-8-2-1-3-21(30)28-23)12-20-25(34)31(26(37)38-20)13-15-4-5-18-19(11-15)36-14-35-18/h1-5,8,11-12,16H,6-7,9-10,13-14H2,(H2,27,32). The van der Waals surface area contributed by atoms with Crippen LogP contribution in [0.5, 0.6) is 11.5 Å². The summed E-state index contributed by atoms with van der Waals surface area (Å²) in [6.07, 6.45) is 4.38. The predicted molar refractivity (Wildman–Crippen MR) is 147 cm³/mol. The third kappa shape index (κ3) is 4.39. The number of aromatic nitrogens is 2. The number of carbonyl (C=O) groups is 2. The number of nitrogens with two attached hydrogens (primary N) is 1. The number of piperidine rings is 1. The van der Waals surface area contributed by atoms with Crippen molar-refractivity contribution in [3.63, 3.8) is 0 Å². The molecule has 0 unspecified atom stereocenters. The fraction of sp³-hybridized carbons (Fsp3) is 0.269. The molecule has 38 heavy (non-hydrogen) atoms. The minimum atomic E-state index is -0.317. The molecule has 2 aromatic heterocycles. The molecule has 0 saturated carbocycles. The van der Waals surface area contributed by atoms with E-state index in [2.05, 4.69) is 0 Å². The van der Waals surface area contributed by atoms with Gasteiger partial charge in [0.1, 0.15) is 15.8 Å². The maximum Gasteiger partial charge on any atom is 0.267 e. The zero-order valence-corrected chi connectivity index (χ0v) is 21.8. The molecule has 3 aromatic rings. The second-order valence-corrected chi connectivity index (χ2v) is 10.9. The molecule has 10 nitrogen and oxygen atoms in total. The SMILES string of the molecule is NC(=O)C1CCN(c2nc3ccccn3c(=O)c2C=C2SC(=S)N(Cc3ccc4c(c3)OCO4)C2=O)CC1. The summed E-state index contributed by atoms with van der Waals surface area (Å²) < 4.78 is 12.7. The van der Waals surface area contributed by atoms with Crippen LogP contribution in [-0.4, -0.2) is 50.3 Å². The summed E-state index contributed by atoms with van der Waals surface area (Å²) in [7, 11) is 0. The smallest absolute Gasteiger partial charge is 0.267 e. The number of rotatable bonds is 5. The van der Waals surface area contributed by atoms with Crippen molar-refractivity contribution >= 4 is 57.7 Å². The first-order valence-corrected chi connectivity index (χ1v) is 13.3. The molecule has 6 rings (SSSR count). The highest BCUT2D eigenvalue weighted by atomic mass is 32.2. The van der Waals surface area contributed by atoms with E-state index in [0.717, 1.165) is 17.3 Å². The normalized spacial score (nSPS) is 18.7. The Morgan fingerprint density at radius 2 is 1.95 bits per heavy atom. The first kappa shape index (κ1) is 24.4. The van der Waals surface area contributed by atoms with Crippen molar-refractivity contribution in [1.82, 2.24) is 14.3 Å². The average molecular weight is 550 g/mol. The highest BCUT2D eigenvalue weighted by Gasteiger charge is 2.34. The summed E-state index contributed by atoms with van der Waals surface area (Å²) in [5.74, 6) is 0.962. The van der Waals surface area contributed by atoms with E-state index in [0.29, 0.717) is 63.7 Å². The molecule has 5 heterocycles. The molecule has 2 saturated heterocycles. The lowest BCUT2D eigenvalue weighted by Gasteiger charge is -2.32. The highest BCUT2D eigenvalue weighted by Crippen LogP contribution is 2.37. The van der Waals surface area contributed by atoms with Crippen LogP contribution in [-0.2, 0) is 16.1 Å². The summed E-state index contributed by atoms with van der Waals surface area (Å²) in [5.41, 5.74) is 6.86. The van der Waals surface area contributed by atoms with Crippen LogP contribution < -0.4 is 25.7 Å². The topological polar surface area (TPSA) is 119 Å². The van der Waals surface area contributed by atoms with Gasteiger partial charge < -0.3 is 20.1 Å². The monoisotopic (exact) mass is 549 g/mol. The van der Waals surface area contributed by atoms with Crippen LogP contribution >= 0.6 is 24.0 Å². The van der Waals surface area contributed by atoms with E-state index < -0.39 is 0 Å². The summed E-state index contributed by atoms with van der Waals surface area (Å²) in [4.78, 5) is 47.3. The molecule has 12 heteroatoms. The number of hydrogen-bond donors (Lipinski definition) is 1. The Balaban J connectivity index is 1.34. The largest absolute Gasteiger partial charge is 0.454 e. The summed E-state index contributed by atoms with van der Waals surface area (Å²) in [5, 5.41) is 0. The van der Waals surface area contributed by atoms with Crippen molar-refractivity contribution < 1.29 is 19.1 Å². The third-order valence-electron chi connectivity index (χ3n) is 6.87. The lowest BCUT2D eigenvalue weighted by molar-refractivity contribution is -0.123. The molecular weight excluding hydrogens is 526 g/mol. The summed E-state index contributed by atoms with van der Waals surface area (Å²) in [6.45, 7) is 1.48. The Morgan fingerprint density at radius 3 is 2.74 bits per heavy atom. The summed E-state index contributed by atoms with van der Waals surface area (Å²) >= 11 is 6.69. The van der Waals surface area contributed by atoms with E-state index in [9.17, 15) is 14.4 Å². The minimum Gasteiger partial charge on any atom is -0.454 e. The molecule has 0 spiro atoms. The maximum atomic E-state index is 13.6. The molecule has 0 atom stereocenters. The van der Waals surface area contributed by atoms with Crippen molar-refractivity contribution in [3.8, 4) is 11.5 Å². The van der Waals surface area contributed by atoms with E-state index in [4.69, 9.17) is 32.4 Å². The first-order chi connectivity index (χ1) is 18.4. The van der Waals surface area contributed by atoms with Gasteiger partial charge in [-0.15, -0.1) is 0 Å². The number of amides is 2. The first-order valence-electron chi connectivity index (χ1n) is 12.1. The van der Waals surface area contributed by atoms with Crippen LogP contribution in [0.4, 0.5) is 5.82 Å². The van der Waals surface area contributed by atoms with Crippen LogP contribution in [0.3, 0.4) is 0 Å². The van der Waals surface area contributed by atoms with E-state index in [1.165, 1.54) is 9.30 Å². The van der Waals surface area contributed by atoms with E-state index in [1.807, 2.05) is 23.1 Å². The number of nitrogens with zero attached hydrogens (tertiary/aromatic N) is 4. The molecule has 3 aliphatic rings. The Morgan fingerprint density at radius 1 is 1.16 bits per heavy atom. The molecule has 194 valence electrons. The van der Waals surface area contributed by atoms with Crippen molar-refractivity contribution in [2.24, 2.45) is 11.7 Å². The van der Waals surface area contributed by atoms with Gasteiger partial charge in [-0.1, -0.05) is 36.1 Å². The maximum absolute atomic E-state index is 13.6. The lowest BCUT2D eigenvalue weighted by Crippen LogP contribution is -2.40. The van der Waals surface area contributed by atoms with E-state index >= 15 is 0 Å². The van der Waals surface area contributed by atoms with E-state index in [-0.39, 0.29) is 36.6 Å². The van der Waals surface area contributed by atoms with Gasteiger partial charge in [-0.05, 0) is 48.7 Å². The Bertz CT molecular complexity index is 1580. The number of ether oxygens (including phenoxy) is 2. The van der Waals surface area contributed by atoms with Crippen molar-refractivity contribution in [2.75, 3.05) is 24.8 Å². The lowest BCUT2D eigenvalue weighted by atomic mass is 9.96. The van der Waals surface area contributed by atoms with Gasteiger partial charge in [-0.3, -0.25) is 23.7 Å². The van der Waals surface area contributed by atoms with Gasteiger partial charge in [0.05, 0.1) is 17.0 Å². The number of anilines is 1. The quantitative estimate of drug-likeness (QED) is 0.378.